The molecule has 5 heteroatoms. The molecule has 25 heavy (non-hydrogen) atoms. The number of hydrogen-bond acceptors (Lipinski definition) is 3. The van der Waals surface area contributed by atoms with Crippen LogP contribution in [0.4, 0.5) is 5.69 Å². The Labute approximate surface area is 146 Å². The van der Waals surface area contributed by atoms with Crippen molar-refractivity contribution in [2.45, 2.75) is 25.7 Å². The monoisotopic (exact) mass is 330 g/mol. The van der Waals surface area contributed by atoms with Gasteiger partial charge in [-0.2, -0.15) is 5.10 Å². The van der Waals surface area contributed by atoms with Crippen molar-refractivity contribution < 1.29 is 4.79 Å². The first-order valence-electron chi connectivity index (χ1n) is 8.29. The van der Waals surface area contributed by atoms with Gasteiger partial charge in [-0.05, 0) is 44.0 Å². The number of anilines is 1. The van der Waals surface area contributed by atoms with Crippen molar-refractivity contribution in [2.75, 3.05) is 5.32 Å². The van der Waals surface area contributed by atoms with Crippen molar-refractivity contribution in [2.24, 2.45) is 7.05 Å². The van der Waals surface area contributed by atoms with Crippen LogP contribution in [0.3, 0.4) is 0 Å². The zero-order valence-corrected chi connectivity index (χ0v) is 14.2. The van der Waals surface area contributed by atoms with E-state index in [1.807, 2.05) is 38.2 Å². The molecule has 1 N–H and O–H groups in total. The highest BCUT2D eigenvalue weighted by Crippen LogP contribution is 2.40. The van der Waals surface area contributed by atoms with E-state index in [9.17, 15) is 4.79 Å². The third-order valence-electron chi connectivity index (χ3n) is 4.52. The maximum Gasteiger partial charge on any atom is 0.256 e. The van der Waals surface area contributed by atoms with E-state index in [0.717, 1.165) is 40.8 Å². The number of aryl methyl sites for hydroxylation is 2. The predicted octanol–water partition coefficient (Wildman–Crippen LogP) is 3.39. The number of carbonyl (C=O) groups excluding carboxylic acids is 1. The van der Waals surface area contributed by atoms with Gasteiger partial charge in [0, 0.05) is 29.9 Å². The van der Waals surface area contributed by atoms with Crippen LogP contribution in [0.5, 0.6) is 0 Å². The molecule has 1 saturated carbocycles. The molecule has 1 amide bonds. The number of nitrogens with one attached hydrogen (secondary N) is 1. The van der Waals surface area contributed by atoms with Gasteiger partial charge < -0.3 is 5.32 Å². The number of hydrogen-bond donors (Lipinski definition) is 1. The molecular formula is C20H18N4O. The molecule has 5 nitrogen and oxygen atoms in total. The van der Waals surface area contributed by atoms with Gasteiger partial charge in [0.2, 0.25) is 0 Å². The number of aromatic nitrogens is 3. The molecule has 0 spiro atoms. The van der Waals surface area contributed by atoms with Crippen LogP contribution in [0.25, 0.3) is 11.0 Å². The molecule has 2 aromatic heterocycles. The summed E-state index contributed by atoms with van der Waals surface area (Å²) in [6, 6.07) is 9.19. The normalized spacial score (nSPS) is 13.6. The van der Waals surface area contributed by atoms with Crippen molar-refractivity contribution in [3.05, 3.63) is 52.8 Å². The van der Waals surface area contributed by atoms with E-state index in [2.05, 4.69) is 16.3 Å². The highest BCUT2D eigenvalue weighted by Gasteiger charge is 2.28. The van der Waals surface area contributed by atoms with Gasteiger partial charge in [-0.25, -0.2) is 4.98 Å². The Bertz CT molecular complexity index is 1040. The fourth-order valence-corrected chi connectivity index (χ4v) is 3.12. The molecule has 4 rings (SSSR count). The van der Waals surface area contributed by atoms with E-state index >= 15 is 0 Å². The summed E-state index contributed by atoms with van der Waals surface area (Å²) in [6.07, 6.45) is 7.69. The summed E-state index contributed by atoms with van der Waals surface area (Å²) in [5, 5.41) is 8.19. The minimum absolute atomic E-state index is 0.167. The Morgan fingerprint density at radius 3 is 2.88 bits per heavy atom. The topological polar surface area (TPSA) is 59.8 Å². The maximum atomic E-state index is 13.0. The lowest BCUT2D eigenvalue weighted by molar-refractivity contribution is 0.102. The molecule has 0 atom stereocenters. The van der Waals surface area contributed by atoms with Gasteiger partial charge in [0.05, 0.1) is 16.6 Å². The number of carbonyl (C=O) groups is 1. The summed E-state index contributed by atoms with van der Waals surface area (Å²) in [4.78, 5) is 17.7. The molecule has 1 aromatic carbocycles. The standard InChI is InChI=1S/C20H18N4O/c1-4-13-6-5-7-15(10-13)21-20(25)16-11-17(14-8-9-14)22-19-18(16)12(2)23-24(19)3/h1,5-7,10-11,14H,8-9H2,2-3H3,(H,21,25). The highest BCUT2D eigenvalue weighted by molar-refractivity contribution is 6.12. The van der Waals surface area contributed by atoms with E-state index in [-0.39, 0.29) is 5.91 Å². The number of terminal acetylenes is 1. The summed E-state index contributed by atoms with van der Waals surface area (Å²) in [7, 11) is 1.86. The molecule has 0 bridgehead atoms. The Morgan fingerprint density at radius 1 is 1.36 bits per heavy atom. The fourth-order valence-electron chi connectivity index (χ4n) is 3.12. The van der Waals surface area contributed by atoms with Crippen molar-refractivity contribution in [1.82, 2.24) is 14.8 Å². The second kappa shape index (κ2) is 5.75. The van der Waals surface area contributed by atoms with Gasteiger partial charge in [-0.1, -0.05) is 12.0 Å². The average molecular weight is 330 g/mol. The summed E-state index contributed by atoms with van der Waals surface area (Å²) >= 11 is 0. The number of benzene rings is 1. The van der Waals surface area contributed by atoms with Crippen molar-refractivity contribution in [3.8, 4) is 12.3 Å². The number of amides is 1. The van der Waals surface area contributed by atoms with E-state index in [1.54, 1.807) is 10.7 Å². The third-order valence-corrected chi connectivity index (χ3v) is 4.52. The molecule has 1 fully saturated rings. The van der Waals surface area contributed by atoms with E-state index < -0.39 is 0 Å². The van der Waals surface area contributed by atoms with Gasteiger partial charge in [-0.3, -0.25) is 9.48 Å². The molecule has 1 aliphatic carbocycles. The zero-order chi connectivity index (χ0) is 17.6. The van der Waals surface area contributed by atoms with Gasteiger partial charge in [0.25, 0.3) is 5.91 Å². The molecule has 124 valence electrons. The van der Waals surface area contributed by atoms with Crippen LogP contribution >= 0.6 is 0 Å². The molecular weight excluding hydrogens is 312 g/mol. The molecule has 2 heterocycles. The van der Waals surface area contributed by atoms with Crippen molar-refractivity contribution in [3.63, 3.8) is 0 Å². The Hall–Kier alpha value is -3.13. The van der Waals surface area contributed by atoms with Gasteiger partial charge in [0.1, 0.15) is 0 Å². The first-order chi connectivity index (χ1) is 12.1. The summed E-state index contributed by atoms with van der Waals surface area (Å²) < 4.78 is 1.74. The molecule has 0 radical (unpaired) electrons. The minimum Gasteiger partial charge on any atom is -0.322 e. The first kappa shape index (κ1) is 15.4. The average Bonchev–Trinajstić information content (AvgIpc) is 3.41. The van der Waals surface area contributed by atoms with E-state index in [0.29, 0.717) is 17.2 Å². The van der Waals surface area contributed by atoms with Crippen LogP contribution < -0.4 is 5.32 Å². The number of fused-ring (bicyclic) bond motifs is 1. The quantitative estimate of drug-likeness (QED) is 0.749. The Balaban J connectivity index is 1.79. The molecule has 1 aliphatic rings. The number of pyridine rings is 1. The molecule has 3 aromatic rings. The van der Waals surface area contributed by atoms with Crippen molar-refractivity contribution in [1.29, 1.82) is 0 Å². The Morgan fingerprint density at radius 2 is 2.16 bits per heavy atom. The number of rotatable bonds is 3. The van der Waals surface area contributed by atoms with Crippen LogP contribution in [0.15, 0.2) is 30.3 Å². The fraction of sp³-hybridized carbons (Fsp3) is 0.250. The SMILES string of the molecule is C#Cc1cccc(NC(=O)c2cc(C3CC3)nc3c2c(C)nn3C)c1. The Kier molecular flexibility index (Phi) is 3.54. The van der Waals surface area contributed by atoms with Crippen LogP contribution in [-0.4, -0.2) is 20.7 Å². The largest absolute Gasteiger partial charge is 0.322 e. The van der Waals surface area contributed by atoms with Crippen LogP contribution in [-0.2, 0) is 7.05 Å². The smallest absolute Gasteiger partial charge is 0.256 e. The van der Waals surface area contributed by atoms with E-state index in [1.165, 1.54) is 0 Å². The maximum absolute atomic E-state index is 13.0. The predicted molar refractivity (Wildman–Crippen MR) is 97.6 cm³/mol. The van der Waals surface area contributed by atoms with E-state index in [4.69, 9.17) is 11.4 Å². The van der Waals surface area contributed by atoms with Crippen molar-refractivity contribution >= 4 is 22.6 Å². The number of nitrogens with zero attached hydrogens (tertiary/aromatic N) is 3. The lowest BCUT2D eigenvalue weighted by atomic mass is 10.1. The molecule has 0 unspecified atom stereocenters. The van der Waals surface area contributed by atoms with Gasteiger partial charge in [0.15, 0.2) is 5.65 Å². The molecule has 0 aliphatic heterocycles. The molecule has 0 saturated heterocycles. The zero-order valence-electron chi connectivity index (χ0n) is 14.2. The second-order valence-electron chi connectivity index (χ2n) is 6.46. The van der Waals surface area contributed by atoms with Crippen LogP contribution in [0.2, 0.25) is 0 Å². The first-order valence-corrected chi connectivity index (χ1v) is 8.29. The summed E-state index contributed by atoms with van der Waals surface area (Å²) in [6.45, 7) is 1.90. The van der Waals surface area contributed by atoms with Gasteiger partial charge in [-0.15, -0.1) is 6.42 Å². The summed E-state index contributed by atoms with van der Waals surface area (Å²) in [5.74, 6) is 2.87. The lowest BCUT2D eigenvalue weighted by Gasteiger charge is -2.09. The second-order valence-corrected chi connectivity index (χ2v) is 6.46. The third kappa shape index (κ3) is 2.76. The van der Waals surface area contributed by atoms with Crippen LogP contribution in [0, 0.1) is 19.3 Å². The highest BCUT2D eigenvalue weighted by atomic mass is 16.1. The summed E-state index contributed by atoms with van der Waals surface area (Å²) in [5.41, 5.74) is 4.55. The van der Waals surface area contributed by atoms with Crippen LogP contribution in [0.1, 0.15) is 46.1 Å². The lowest BCUT2D eigenvalue weighted by Crippen LogP contribution is -2.13. The van der Waals surface area contributed by atoms with Gasteiger partial charge >= 0.3 is 0 Å². The minimum atomic E-state index is -0.167.